The van der Waals surface area contributed by atoms with Crippen molar-refractivity contribution in [3.63, 3.8) is 0 Å². The fourth-order valence-corrected chi connectivity index (χ4v) is 0.293. The highest BCUT2D eigenvalue weighted by Crippen LogP contribution is 1.92. The molecule has 0 aromatic rings. The molecule has 0 aromatic heterocycles. The topological polar surface area (TPSA) is 75.6 Å². The van der Waals surface area contributed by atoms with Crippen LogP contribution in [0.3, 0.4) is 0 Å². The second-order valence-corrected chi connectivity index (χ2v) is 1.63. The van der Waals surface area contributed by atoms with E-state index in [0.29, 0.717) is 0 Å². The van der Waals surface area contributed by atoms with Crippen LogP contribution in [-0.2, 0) is 0 Å². The van der Waals surface area contributed by atoms with Gasteiger partial charge in [0.05, 0.1) is 0 Å². The molecule has 8 heavy (non-hydrogen) atoms. The zero-order valence-electron chi connectivity index (χ0n) is 3.71. The quantitative estimate of drug-likeness (QED) is 0.222. The zero-order valence-corrected chi connectivity index (χ0v) is 5.23. The summed E-state index contributed by atoms with van der Waals surface area (Å²) in [6.07, 6.45) is 0. The minimum Gasteiger partial charge on any atom is -0.243 e. The number of hydrogen-bond acceptors (Lipinski definition) is 3. The number of hydrogen-bond donors (Lipinski definition) is 2. The summed E-state index contributed by atoms with van der Waals surface area (Å²) < 4.78 is 0.486. The molecule has 0 aliphatic heterocycles. The van der Waals surface area contributed by atoms with Gasteiger partial charge in [0.1, 0.15) is 0 Å². The van der Waals surface area contributed by atoms with Crippen molar-refractivity contribution >= 4 is 29.6 Å². The van der Waals surface area contributed by atoms with Gasteiger partial charge in [0.15, 0.2) is 0 Å². The largest absolute Gasteiger partial charge is 0.378 e. The van der Waals surface area contributed by atoms with Gasteiger partial charge in [-0.05, 0) is 0 Å². The van der Waals surface area contributed by atoms with Gasteiger partial charge in [-0.15, -0.1) is 0 Å². The molecule has 2 amide bonds. The fourth-order valence-electron chi connectivity index (χ4n) is 0.0913. The van der Waals surface area contributed by atoms with Gasteiger partial charge in [0, 0.05) is 23.6 Å². The van der Waals surface area contributed by atoms with Crippen molar-refractivity contribution in [3.05, 3.63) is 0 Å². The van der Waals surface area contributed by atoms with E-state index in [2.05, 4.69) is 11.7 Å². The smallest absolute Gasteiger partial charge is 0.243 e. The molecule has 0 fully saturated rings. The highest BCUT2D eigenvalue weighted by molar-refractivity contribution is 6.26. The summed E-state index contributed by atoms with van der Waals surface area (Å²) in [5, 5.41) is 0. The first-order chi connectivity index (χ1) is 3.55. The van der Waals surface area contributed by atoms with Crippen LogP contribution in [-0.4, -0.2) is 15.1 Å². The van der Waals surface area contributed by atoms with E-state index < -0.39 is 6.03 Å². The highest BCUT2D eigenvalue weighted by atomic mass is 35.5. The number of hydrazine groups is 2. The molecule has 0 saturated heterocycles. The van der Waals surface area contributed by atoms with Crippen LogP contribution in [0.25, 0.3) is 0 Å². The molecular weight excluding hydrogens is 155 g/mol. The van der Waals surface area contributed by atoms with Crippen LogP contribution in [0.2, 0.25) is 0 Å². The summed E-state index contributed by atoms with van der Waals surface area (Å²) in [5.41, 5.74) is 0. The second-order valence-electron chi connectivity index (χ2n) is 0.905. The molecular formula is CH4Cl2N4O. The van der Waals surface area contributed by atoms with E-state index in [1.54, 1.807) is 0 Å². The summed E-state index contributed by atoms with van der Waals surface area (Å²) in [6.45, 7) is 0. The van der Waals surface area contributed by atoms with E-state index in [4.69, 9.17) is 23.6 Å². The summed E-state index contributed by atoms with van der Waals surface area (Å²) in [4.78, 5) is 10.2. The number of carbonyl (C=O) groups excluding carboxylic acids is 1. The van der Waals surface area contributed by atoms with Gasteiger partial charge in [0.2, 0.25) is 0 Å². The molecule has 0 unspecified atom stereocenters. The number of halogens is 2. The number of carbonyl (C=O) groups is 1. The SMILES string of the molecule is NN(Cl)C(=O)N(N)Cl. The first-order valence-corrected chi connectivity index (χ1v) is 2.18. The van der Waals surface area contributed by atoms with Crippen molar-refractivity contribution in [3.8, 4) is 0 Å². The Morgan fingerprint density at radius 2 is 1.50 bits per heavy atom. The third-order valence-corrected chi connectivity index (χ3v) is 0.655. The Hall–Kier alpha value is -0.230. The van der Waals surface area contributed by atoms with E-state index in [9.17, 15) is 4.79 Å². The van der Waals surface area contributed by atoms with Crippen molar-refractivity contribution < 1.29 is 4.79 Å². The third kappa shape index (κ3) is 2.17. The minimum atomic E-state index is -0.895. The Morgan fingerprint density at radius 1 is 1.25 bits per heavy atom. The van der Waals surface area contributed by atoms with E-state index in [0.717, 1.165) is 0 Å². The van der Waals surface area contributed by atoms with Crippen molar-refractivity contribution in [2.75, 3.05) is 0 Å². The van der Waals surface area contributed by atoms with Gasteiger partial charge in [0.25, 0.3) is 0 Å². The maximum absolute atomic E-state index is 10.2. The number of amides is 2. The van der Waals surface area contributed by atoms with Crippen LogP contribution >= 0.6 is 23.6 Å². The second kappa shape index (κ2) is 2.93. The summed E-state index contributed by atoms with van der Waals surface area (Å²) in [6, 6.07) is -0.895. The molecule has 0 bridgehead atoms. The predicted molar refractivity (Wildman–Crippen MR) is 29.2 cm³/mol. The van der Waals surface area contributed by atoms with Crippen LogP contribution < -0.4 is 11.7 Å². The van der Waals surface area contributed by atoms with Crippen LogP contribution in [0.15, 0.2) is 0 Å². The van der Waals surface area contributed by atoms with Gasteiger partial charge >= 0.3 is 6.03 Å². The van der Waals surface area contributed by atoms with Crippen molar-refractivity contribution in [1.82, 2.24) is 9.06 Å². The summed E-state index contributed by atoms with van der Waals surface area (Å²) >= 11 is 9.76. The van der Waals surface area contributed by atoms with Crippen molar-refractivity contribution in [1.29, 1.82) is 0 Å². The average molecular weight is 159 g/mol. The summed E-state index contributed by atoms with van der Waals surface area (Å²) in [7, 11) is 0. The molecule has 0 aliphatic rings. The molecule has 0 radical (unpaired) electrons. The lowest BCUT2D eigenvalue weighted by molar-refractivity contribution is 0.207. The molecule has 7 heteroatoms. The van der Waals surface area contributed by atoms with E-state index >= 15 is 0 Å². The lowest BCUT2D eigenvalue weighted by Gasteiger charge is -2.09. The lowest BCUT2D eigenvalue weighted by Crippen LogP contribution is -2.40. The van der Waals surface area contributed by atoms with Crippen LogP contribution in [0.5, 0.6) is 0 Å². The number of nitrogens with zero attached hydrogens (tertiary/aromatic N) is 2. The minimum absolute atomic E-state index is 0.243. The molecule has 4 N–H and O–H groups in total. The highest BCUT2D eigenvalue weighted by Gasteiger charge is 2.09. The Bertz CT molecular complexity index is 82.0. The van der Waals surface area contributed by atoms with E-state index in [1.165, 1.54) is 0 Å². The Labute approximate surface area is 55.9 Å². The normalized spacial score (nSPS) is 8.50. The zero-order chi connectivity index (χ0) is 6.73. The maximum Gasteiger partial charge on any atom is 0.378 e. The first kappa shape index (κ1) is 7.77. The van der Waals surface area contributed by atoms with Crippen molar-refractivity contribution in [2.24, 2.45) is 11.7 Å². The molecule has 0 aliphatic carbocycles. The van der Waals surface area contributed by atoms with Gasteiger partial charge < -0.3 is 0 Å². The van der Waals surface area contributed by atoms with Crippen LogP contribution in [0.1, 0.15) is 0 Å². The van der Waals surface area contributed by atoms with E-state index in [-0.39, 0.29) is 9.06 Å². The van der Waals surface area contributed by atoms with Crippen LogP contribution in [0, 0.1) is 0 Å². The third-order valence-electron chi connectivity index (χ3n) is 0.365. The molecule has 5 nitrogen and oxygen atoms in total. The van der Waals surface area contributed by atoms with E-state index in [1.807, 2.05) is 0 Å². The first-order valence-electron chi connectivity index (χ1n) is 1.51. The molecule has 48 valence electrons. The van der Waals surface area contributed by atoms with Gasteiger partial charge in [-0.25, -0.2) is 16.5 Å². The number of rotatable bonds is 0. The molecule has 0 saturated carbocycles. The molecule has 0 spiro atoms. The lowest BCUT2D eigenvalue weighted by atomic mass is 11.1. The molecule has 0 heterocycles. The molecule has 0 aromatic carbocycles. The summed E-state index contributed by atoms with van der Waals surface area (Å²) in [5.74, 6) is 9.36. The molecule has 0 rings (SSSR count). The maximum atomic E-state index is 10.2. The van der Waals surface area contributed by atoms with Crippen LogP contribution in [0.4, 0.5) is 4.79 Å². The Morgan fingerprint density at radius 3 is 1.50 bits per heavy atom. The standard InChI is InChI=1S/CH4Cl2N4O/c2-6(4)1(8)7(3)5/h4-5H2. The number of nitrogens with two attached hydrogens (primary N) is 2. The van der Waals surface area contributed by atoms with Crippen molar-refractivity contribution in [2.45, 2.75) is 0 Å². The van der Waals surface area contributed by atoms with Gasteiger partial charge in [-0.3, -0.25) is 0 Å². The average Bonchev–Trinajstić information content (AvgIpc) is 1.64. The predicted octanol–water partition coefficient (Wildman–Crippen LogP) is -0.235. The van der Waals surface area contributed by atoms with Gasteiger partial charge in [-0.1, -0.05) is 0 Å². The Balaban J connectivity index is 3.65. The molecule has 0 atom stereocenters. The fraction of sp³-hybridized carbons (Fsp3) is 0. The van der Waals surface area contributed by atoms with Gasteiger partial charge in [-0.2, -0.15) is 9.06 Å². The monoisotopic (exact) mass is 158 g/mol. The Kier molecular flexibility index (Phi) is 2.85. The number of urea groups is 1.